The molecule has 5 aliphatic rings. The number of piperidine rings is 2. The van der Waals surface area contributed by atoms with Crippen LogP contribution in [-0.4, -0.2) is 246 Å². The van der Waals surface area contributed by atoms with Crippen molar-refractivity contribution in [1.82, 2.24) is 15.1 Å². The van der Waals surface area contributed by atoms with Crippen molar-refractivity contribution in [3.8, 4) is 0 Å². The van der Waals surface area contributed by atoms with Crippen LogP contribution in [0.1, 0.15) is 138 Å². The maximum atomic E-state index is 14.7. The third kappa shape index (κ3) is 24.4. The number of nitrogens with zero attached hydrogens (tertiary/aromatic N) is 2. The van der Waals surface area contributed by atoms with Gasteiger partial charge in [0.1, 0.15) is 30.5 Å². The van der Waals surface area contributed by atoms with E-state index in [1.807, 2.05) is 51.2 Å². The van der Waals surface area contributed by atoms with Gasteiger partial charge in [-0.3, -0.25) is 19.2 Å². The highest BCUT2D eigenvalue weighted by Crippen LogP contribution is 2.38. The molecule has 4 heterocycles. The number of hydrogen-bond donors (Lipinski definition) is 6. The maximum Gasteiger partial charge on any atom is 0.410 e. The third-order valence-electron chi connectivity index (χ3n) is 19.2. The molecular formula is C69H115N5O20. The van der Waals surface area contributed by atoms with Crippen LogP contribution in [0.2, 0.25) is 0 Å². The van der Waals surface area contributed by atoms with Crippen molar-refractivity contribution < 1.29 is 96.2 Å². The number of cyclic esters (lactones) is 1. The summed E-state index contributed by atoms with van der Waals surface area (Å²) >= 11 is 0. The van der Waals surface area contributed by atoms with E-state index in [9.17, 15) is 44.1 Å². The second-order valence-corrected chi connectivity index (χ2v) is 26.4. The SMILES string of the molecule is CCOCCOCCOCCOCCOCCNC(=O)C1(N)CCN(C(=O)O[C@@H]2CC[C@@H](C[C@@H](N)[C@@H]3C[C@@H](O)[C@H](C)/C=C(\C)[C@@H](O)[C@@H](OC)C(=O)[C@H](C)C[C@H](C)/C=C/C=C/C=C(\C)[C@@H](OC)C[C@@H]4CC[C@@H](C)[C@@](O)(O4)C(=O)C(=O)N4CCCC[C@H]4C(=O)O3)C[C@H]2OC)CC1. The second kappa shape index (κ2) is 41.0. The lowest BCUT2D eigenvalue weighted by Crippen LogP contribution is -2.61. The average molecular weight is 1330 g/mol. The van der Waals surface area contributed by atoms with Gasteiger partial charge in [-0.2, -0.15) is 0 Å². The standard InChI is InChI=1S/C69H115N5O20/c1-11-87-31-32-89-35-36-91-38-37-90-34-33-88-30-26-72-66(81)68(71)24-28-73(29-25-68)67(82)93-56-23-21-51(42-59(56)85-9)41-53(70)58-44-55(75)47(4)40-49(6)61(77)62(86-10)60(76)48(5)39-45(2)17-13-12-14-18-46(3)57(84-8)43-52-22-20-50(7)69(83,94-52)63(78)64(79)74-27-16-15-19-54(74)65(80)92-58/h12-14,17-18,40,45,47-48,50-59,61-62,75,77,83H,11,15-16,19-39,41-44,70-71H2,1-10H3,(H,72,81)/b14-12+,17-13+,46-18+,49-40+/t45-,47-,48-,50-,51+,52+,53-,54+,55-,56-,57+,58+,59-,61-,62+,69-/m1/s1. The number of allylic oxidation sites excluding steroid dienone is 5. The first kappa shape index (κ1) is 80.1. The molecule has 0 aromatic heterocycles. The van der Waals surface area contributed by atoms with Gasteiger partial charge in [-0.1, -0.05) is 64.2 Å². The fourth-order valence-electron chi connectivity index (χ4n) is 13.1. The smallest absolute Gasteiger partial charge is 0.410 e. The number of amides is 3. The molecule has 0 aromatic carbocycles. The molecule has 25 nitrogen and oxygen atoms in total. The number of fused-ring (bicyclic) bond motifs is 3. The van der Waals surface area contributed by atoms with Crippen molar-refractivity contribution in [2.75, 3.05) is 114 Å². The zero-order valence-corrected chi connectivity index (χ0v) is 57.8. The van der Waals surface area contributed by atoms with E-state index in [4.69, 9.17) is 63.6 Å². The molecule has 94 heavy (non-hydrogen) atoms. The normalized spacial score (nSPS) is 33.8. The Morgan fingerprint density at radius 3 is 2.02 bits per heavy atom. The van der Waals surface area contributed by atoms with Gasteiger partial charge in [-0.15, -0.1) is 0 Å². The zero-order chi connectivity index (χ0) is 69.0. The first-order valence-electron chi connectivity index (χ1n) is 34.2. The van der Waals surface area contributed by atoms with Crippen molar-refractivity contribution in [3.05, 3.63) is 47.6 Å². The van der Waals surface area contributed by atoms with Gasteiger partial charge in [0.05, 0.1) is 89.4 Å². The molecule has 0 radical (unpaired) electrons. The number of ketones is 2. The molecule has 536 valence electrons. The monoisotopic (exact) mass is 1330 g/mol. The van der Waals surface area contributed by atoms with E-state index < -0.39 is 114 Å². The first-order chi connectivity index (χ1) is 44.9. The molecule has 4 aliphatic heterocycles. The molecular weight excluding hydrogens is 1220 g/mol. The van der Waals surface area contributed by atoms with Crippen molar-refractivity contribution in [2.24, 2.45) is 41.1 Å². The number of nitrogens with two attached hydrogens (primary N) is 2. The predicted molar refractivity (Wildman–Crippen MR) is 350 cm³/mol. The minimum Gasteiger partial charge on any atom is -0.459 e. The lowest BCUT2D eigenvalue weighted by molar-refractivity contribution is -0.265. The first-order valence-corrected chi connectivity index (χ1v) is 34.2. The summed E-state index contributed by atoms with van der Waals surface area (Å²) in [6.45, 7) is 17.8. The van der Waals surface area contributed by atoms with Crippen LogP contribution < -0.4 is 16.8 Å². The molecule has 0 spiro atoms. The van der Waals surface area contributed by atoms with Gasteiger partial charge in [0.25, 0.3) is 11.7 Å². The van der Waals surface area contributed by atoms with Crippen molar-refractivity contribution in [2.45, 2.75) is 211 Å². The number of ether oxygens (including phenoxy) is 11. The number of nitrogens with one attached hydrogen (secondary N) is 1. The van der Waals surface area contributed by atoms with Crippen molar-refractivity contribution in [3.63, 3.8) is 0 Å². The van der Waals surface area contributed by atoms with Crippen LogP contribution in [0.4, 0.5) is 4.79 Å². The molecule has 3 amide bonds. The summed E-state index contributed by atoms with van der Waals surface area (Å²) in [5.74, 6) is -8.27. The number of aliphatic hydroxyl groups is 3. The number of esters is 1. The largest absolute Gasteiger partial charge is 0.459 e. The fourth-order valence-corrected chi connectivity index (χ4v) is 13.1. The Morgan fingerprint density at radius 2 is 1.39 bits per heavy atom. The van der Waals surface area contributed by atoms with E-state index in [1.54, 1.807) is 40.9 Å². The number of methoxy groups -OCH3 is 3. The van der Waals surface area contributed by atoms with Gasteiger partial charge in [-0.25, -0.2) is 9.59 Å². The van der Waals surface area contributed by atoms with Gasteiger partial charge in [-0.05, 0) is 121 Å². The van der Waals surface area contributed by atoms with Crippen LogP contribution in [0.15, 0.2) is 47.6 Å². The van der Waals surface area contributed by atoms with Gasteiger partial charge in [0.2, 0.25) is 11.7 Å². The summed E-state index contributed by atoms with van der Waals surface area (Å²) in [5, 5.41) is 38.6. The molecule has 5 rings (SSSR count). The average Bonchev–Trinajstić information content (AvgIpc) is 0.781. The molecule has 0 aromatic rings. The molecule has 8 N–H and O–H groups in total. The number of hydrogen-bond acceptors (Lipinski definition) is 22. The molecule has 16 atom stereocenters. The molecule has 1 saturated carbocycles. The molecule has 0 unspecified atom stereocenters. The lowest BCUT2D eigenvalue weighted by atomic mass is 9.80. The summed E-state index contributed by atoms with van der Waals surface area (Å²) in [6.07, 6.45) is 8.08. The van der Waals surface area contributed by atoms with Crippen LogP contribution >= 0.6 is 0 Å². The van der Waals surface area contributed by atoms with Crippen LogP contribution in [0, 0.1) is 29.6 Å². The Labute approximate surface area is 557 Å². The fraction of sp³-hybridized carbons (Fsp3) is 0.797. The maximum absolute atomic E-state index is 14.7. The quantitative estimate of drug-likeness (QED) is 0.0326. The molecule has 25 heteroatoms. The summed E-state index contributed by atoms with van der Waals surface area (Å²) in [6, 6.07) is -2.13. The van der Waals surface area contributed by atoms with E-state index >= 15 is 0 Å². The van der Waals surface area contributed by atoms with E-state index in [-0.39, 0.29) is 94.8 Å². The molecule has 1 aliphatic carbocycles. The van der Waals surface area contributed by atoms with Gasteiger partial charge in [0, 0.05) is 90.8 Å². The number of likely N-dealkylation sites (tertiary alicyclic amines) is 1. The summed E-state index contributed by atoms with van der Waals surface area (Å²) in [7, 11) is 4.47. The van der Waals surface area contributed by atoms with Gasteiger partial charge >= 0.3 is 12.1 Å². The number of carbonyl (C=O) groups is 6. The highest BCUT2D eigenvalue weighted by atomic mass is 16.6. The Balaban J connectivity index is 1.23. The van der Waals surface area contributed by atoms with E-state index in [1.165, 1.54) is 19.1 Å². The predicted octanol–water partition coefficient (Wildman–Crippen LogP) is 4.82. The van der Waals surface area contributed by atoms with Crippen LogP contribution in [0.3, 0.4) is 0 Å². The number of carbonyl (C=O) groups excluding carboxylic acids is 6. The molecule has 2 bridgehead atoms. The van der Waals surface area contributed by atoms with Crippen molar-refractivity contribution in [1.29, 1.82) is 0 Å². The Hall–Kier alpha value is -4.58. The zero-order valence-electron chi connectivity index (χ0n) is 57.8. The Bertz CT molecular complexity index is 2470. The summed E-state index contributed by atoms with van der Waals surface area (Å²) in [4.78, 5) is 87.2. The van der Waals surface area contributed by atoms with Crippen LogP contribution in [0.25, 0.3) is 0 Å². The lowest BCUT2D eigenvalue weighted by Gasteiger charge is -2.43. The van der Waals surface area contributed by atoms with Crippen LogP contribution in [-0.2, 0) is 76.1 Å². The molecule has 4 fully saturated rings. The third-order valence-corrected chi connectivity index (χ3v) is 19.2. The summed E-state index contributed by atoms with van der Waals surface area (Å²) in [5.41, 5.74) is 13.7. The Kier molecular flexibility index (Phi) is 34.9. The number of rotatable bonds is 24. The van der Waals surface area contributed by atoms with Crippen LogP contribution in [0.5, 0.6) is 0 Å². The van der Waals surface area contributed by atoms with E-state index in [0.717, 1.165) is 10.5 Å². The Morgan fingerprint density at radius 1 is 0.745 bits per heavy atom. The van der Waals surface area contributed by atoms with Gasteiger partial charge in [0.15, 0.2) is 5.78 Å². The molecule has 3 saturated heterocycles. The van der Waals surface area contributed by atoms with Crippen molar-refractivity contribution >= 4 is 35.4 Å². The summed E-state index contributed by atoms with van der Waals surface area (Å²) < 4.78 is 63.3. The number of Topliss-reactive ketones (excluding diaryl/α,β-unsaturated/α-hetero) is 2. The minimum atomic E-state index is -2.49. The van der Waals surface area contributed by atoms with E-state index in [0.29, 0.717) is 116 Å². The highest BCUT2D eigenvalue weighted by Gasteiger charge is 2.53. The van der Waals surface area contributed by atoms with E-state index in [2.05, 4.69) is 5.32 Å². The second-order valence-electron chi connectivity index (χ2n) is 26.4. The topological polar surface area (TPSA) is 335 Å². The minimum absolute atomic E-state index is 0.0149. The van der Waals surface area contributed by atoms with Gasteiger partial charge < -0.3 is 94.0 Å². The number of aliphatic hydroxyl groups excluding tert-OH is 2. The highest BCUT2D eigenvalue weighted by molar-refractivity contribution is 6.39.